The lowest BCUT2D eigenvalue weighted by Crippen LogP contribution is -2.10. The Hall–Kier alpha value is -2.74. The highest BCUT2D eigenvalue weighted by atomic mass is 14.8. The van der Waals surface area contributed by atoms with Crippen LogP contribution in [0.1, 0.15) is 13.8 Å². The fourth-order valence-electron chi connectivity index (χ4n) is 2.31. The minimum absolute atomic E-state index is 0.970. The van der Waals surface area contributed by atoms with E-state index < -0.39 is 0 Å². The second-order valence-corrected chi connectivity index (χ2v) is 5.32. The Morgan fingerprint density at radius 3 is 1.27 bits per heavy atom. The van der Waals surface area contributed by atoms with E-state index in [9.17, 15) is 0 Å². The average Bonchev–Trinajstić information content (AvgIpc) is 2.54. The van der Waals surface area contributed by atoms with Gasteiger partial charge in [0.15, 0.2) is 0 Å². The number of aliphatic imine (C=N–C) groups is 2. The molecule has 0 spiro atoms. The third-order valence-corrected chi connectivity index (χ3v) is 3.53. The van der Waals surface area contributed by atoms with E-state index in [0.29, 0.717) is 0 Å². The van der Waals surface area contributed by atoms with Gasteiger partial charge in [-0.05, 0) is 61.4 Å². The van der Waals surface area contributed by atoms with Crippen LogP contribution >= 0.6 is 0 Å². The Morgan fingerprint density at radius 2 is 0.909 bits per heavy atom. The minimum Gasteiger partial charge on any atom is -0.249 e. The molecule has 0 atom stereocenters. The van der Waals surface area contributed by atoms with Gasteiger partial charge in [-0.2, -0.15) is 0 Å². The molecule has 2 heteroatoms. The second kappa shape index (κ2) is 6.35. The molecule has 0 bridgehead atoms. The zero-order valence-corrected chi connectivity index (χ0v) is 12.8. The van der Waals surface area contributed by atoms with E-state index in [1.165, 1.54) is 0 Å². The topological polar surface area (TPSA) is 24.7 Å². The van der Waals surface area contributed by atoms with Gasteiger partial charge < -0.3 is 0 Å². The van der Waals surface area contributed by atoms with E-state index in [4.69, 9.17) is 9.98 Å². The lowest BCUT2D eigenvalue weighted by Gasteiger charge is -2.13. The van der Waals surface area contributed by atoms with Crippen LogP contribution in [0.3, 0.4) is 0 Å². The van der Waals surface area contributed by atoms with E-state index in [1.54, 1.807) is 0 Å². The highest BCUT2D eigenvalue weighted by Crippen LogP contribution is 2.21. The van der Waals surface area contributed by atoms with Gasteiger partial charge in [-0.25, -0.2) is 9.98 Å². The molecule has 0 fully saturated rings. The summed E-state index contributed by atoms with van der Waals surface area (Å²) in [5.41, 5.74) is 6.19. The summed E-state index contributed by atoms with van der Waals surface area (Å²) < 4.78 is 0. The Morgan fingerprint density at radius 1 is 0.545 bits per heavy atom. The van der Waals surface area contributed by atoms with Gasteiger partial charge in [0.25, 0.3) is 0 Å². The van der Waals surface area contributed by atoms with Gasteiger partial charge in [-0.3, -0.25) is 0 Å². The quantitative estimate of drug-likeness (QED) is 0.657. The molecule has 0 amide bonds. The molecule has 108 valence electrons. The molecular weight excluding hydrogens is 268 g/mol. The average molecular weight is 286 g/mol. The third kappa shape index (κ3) is 3.29. The fourth-order valence-corrected chi connectivity index (χ4v) is 2.31. The van der Waals surface area contributed by atoms with Crippen LogP contribution in [0.5, 0.6) is 0 Å². The molecule has 2 aromatic rings. The molecule has 1 aliphatic carbocycles. The SMILES string of the molecule is CC1=CC(=Nc2ccccc2)C(C)=CC1=Nc1ccccc1. The maximum Gasteiger partial charge on any atom is 0.0670 e. The molecule has 0 unspecified atom stereocenters. The van der Waals surface area contributed by atoms with E-state index in [0.717, 1.165) is 33.9 Å². The van der Waals surface area contributed by atoms with Crippen LogP contribution < -0.4 is 0 Å². The molecule has 0 saturated carbocycles. The number of hydrogen-bond acceptors (Lipinski definition) is 2. The summed E-state index contributed by atoms with van der Waals surface area (Å²) in [7, 11) is 0. The van der Waals surface area contributed by atoms with Gasteiger partial charge in [0.05, 0.1) is 22.8 Å². The van der Waals surface area contributed by atoms with Crippen molar-refractivity contribution in [3.8, 4) is 0 Å². The number of nitrogens with zero attached hydrogens (tertiary/aromatic N) is 2. The smallest absolute Gasteiger partial charge is 0.0670 e. The largest absolute Gasteiger partial charge is 0.249 e. The predicted octanol–water partition coefficient (Wildman–Crippen LogP) is 5.44. The number of benzene rings is 2. The van der Waals surface area contributed by atoms with E-state index >= 15 is 0 Å². The van der Waals surface area contributed by atoms with Crippen LogP contribution in [0.2, 0.25) is 0 Å². The minimum atomic E-state index is 0.970. The molecule has 0 saturated heterocycles. The van der Waals surface area contributed by atoms with Gasteiger partial charge in [-0.15, -0.1) is 0 Å². The van der Waals surface area contributed by atoms with Gasteiger partial charge in [0, 0.05) is 0 Å². The summed E-state index contributed by atoms with van der Waals surface area (Å²) in [5, 5.41) is 0. The van der Waals surface area contributed by atoms with E-state index in [2.05, 4.69) is 26.0 Å². The highest BCUT2D eigenvalue weighted by molar-refractivity contribution is 6.24. The molecule has 0 heterocycles. The third-order valence-electron chi connectivity index (χ3n) is 3.53. The molecule has 3 rings (SSSR count). The van der Waals surface area contributed by atoms with Crippen LogP contribution in [0, 0.1) is 0 Å². The van der Waals surface area contributed by atoms with Gasteiger partial charge in [-0.1, -0.05) is 36.4 Å². The lowest BCUT2D eigenvalue weighted by molar-refractivity contribution is 1.42. The molecule has 0 radical (unpaired) electrons. The Bertz CT molecular complexity index is 709. The highest BCUT2D eigenvalue weighted by Gasteiger charge is 2.11. The molecule has 22 heavy (non-hydrogen) atoms. The van der Waals surface area contributed by atoms with Crippen molar-refractivity contribution in [1.29, 1.82) is 0 Å². The molecule has 0 aliphatic heterocycles. The van der Waals surface area contributed by atoms with Crippen molar-refractivity contribution >= 4 is 22.8 Å². The molecule has 2 nitrogen and oxygen atoms in total. The summed E-state index contributed by atoms with van der Waals surface area (Å²) in [5.74, 6) is 0. The standard InChI is InChI=1S/C20H18N2/c1-15-13-20(22-18-11-7-4-8-12-18)16(2)14-19(15)21-17-9-5-3-6-10-17/h3-14H,1-2H3. The maximum atomic E-state index is 4.71. The second-order valence-electron chi connectivity index (χ2n) is 5.32. The van der Waals surface area contributed by atoms with Crippen LogP contribution in [0.15, 0.2) is 93.9 Å². The van der Waals surface area contributed by atoms with Crippen molar-refractivity contribution in [2.75, 3.05) is 0 Å². The number of hydrogen-bond donors (Lipinski definition) is 0. The first-order valence-corrected chi connectivity index (χ1v) is 7.37. The summed E-state index contributed by atoms with van der Waals surface area (Å²) >= 11 is 0. The van der Waals surface area contributed by atoms with Crippen LogP contribution in [0.4, 0.5) is 11.4 Å². The van der Waals surface area contributed by atoms with Gasteiger partial charge in [0.1, 0.15) is 0 Å². The predicted molar refractivity (Wildman–Crippen MR) is 94.6 cm³/mol. The zero-order chi connectivity index (χ0) is 15.4. The van der Waals surface area contributed by atoms with Crippen molar-refractivity contribution in [1.82, 2.24) is 0 Å². The number of rotatable bonds is 2. The summed E-state index contributed by atoms with van der Waals surface area (Å²) in [6.07, 6.45) is 4.20. The molecule has 0 N–H and O–H groups in total. The molecule has 1 aliphatic rings. The van der Waals surface area contributed by atoms with Crippen molar-refractivity contribution in [2.45, 2.75) is 13.8 Å². The number of para-hydroxylation sites is 2. The molecule has 0 aromatic heterocycles. The lowest BCUT2D eigenvalue weighted by atomic mass is 9.97. The summed E-state index contributed by atoms with van der Waals surface area (Å²) in [4.78, 5) is 9.42. The van der Waals surface area contributed by atoms with E-state index in [-0.39, 0.29) is 0 Å². The Labute approximate surface area is 131 Å². The Balaban J connectivity index is 1.94. The van der Waals surface area contributed by atoms with Gasteiger partial charge in [0.2, 0.25) is 0 Å². The van der Waals surface area contributed by atoms with E-state index in [1.807, 2.05) is 60.7 Å². The summed E-state index contributed by atoms with van der Waals surface area (Å²) in [6, 6.07) is 20.0. The molecular formula is C20H18N2. The van der Waals surface area contributed by atoms with Crippen molar-refractivity contribution in [3.05, 3.63) is 84.0 Å². The van der Waals surface area contributed by atoms with Crippen molar-refractivity contribution < 1.29 is 0 Å². The zero-order valence-electron chi connectivity index (χ0n) is 12.8. The van der Waals surface area contributed by atoms with Crippen LogP contribution in [-0.2, 0) is 0 Å². The van der Waals surface area contributed by atoms with Crippen molar-refractivity contribution in [3.63, 3.8) is 0 Å². The first kappa shape index (κ1) is 14.2. The first-order valence-electron chi connectivity index (χ1n) is 7.37. The van der Waals surface area contributed by atoms with Crippen molar-refractivity contribution in [2.24, 2.45) is 9.98 Å². The monoisotopic (exact) mass is 286 g/mol. The fraction of sp³-hybridized carbons (Fsp3) is 0.100. The maximum absolute atomic E-state index is 4.71. The van der Waals surface area contributed by atoms with Crippen LogP contribution in [-0.4, -0.2) is 11.4 Å². The number of allylic oxidation sites excluding steroid dienone is 4. The molecule has 2 aromatic carbocycles. The Kier molecular flexibility index (Phi) is 4.10. The normalized spacial score (nSPS) is 18.3. The van der Waals surface area contributed by atoms with Gasteiger partial charge >= 0.3 is 0 Å². The van der Waals surface area contributed by atoms with Crippen LogP contribution in [0.25, 0.3) is 0 Å². The summed E-state index contributed by atoms with van der Waals surface area (Å²) in [6.45, 7) is 4.15. The first-order chi connectivity index (χ1) is 10.7.